The van der Waals surface area contributed by atoms with Crippen LogP contribution in [-0.2, 0) is 0 Å². The zero-order valence-corrected chi connectivity index (χ0v) is 15.4. The number of hydrogen-bond acceptors (Lipinski definition) is 6. The van der Waals surface area contributed by atoms with Crippen LogP contribution in [0.4, 0.5) is 0 Å². The van der Waals surface area contributed by atoms with Crippen molar-refractivity contribution < 1.29 is 23.9 Å². The molecule has 3 aromatic rings. The van der Waals surface area contributed by atoms with E-state index >= 15 is 0 Å². The Bertz CT molecular complexity index is 1130. The standard InChI is InChI=1S/C23H15NO5/c1-28-20-13-14(6-7-19(20)29-23(27)15-8-10-24-11-9-15)12-18-21(25)16-4-2-3-5-17(16)22(18)26/h2-13H,1H3. The van der Waals surface area contributed by atoms with E-state index in [2.05, 4.69) is 4.98 Å². The third-order valence-corrected chi connectivity index (χ3v) is 4.52. The fourth-order valence-corrected chi connectivity index (χ4v) is 3.08. The Morgan fingerprint density at radius 1 is 0.897 bits per heavy atom. The van der Waals surface area contributed by atoms with E-state index in [1.54, 1.807) is 54.6 Å². The van der Waals surface area contributed by atoms with Crippen molar-refractivity contribution in [3.63, 3.8) is 0 Å². The molecule has 0 amide bonds. The lowest BCUT2D eigenvalue weighted by molar-refractivity contribution is 0.0729. The number of ether oxygens (including phenoxy) is 2. The van der Waals surface area contributed by atoms with E-state index in [1.807, 2.05) is 0 Å². The second kappa shape index (κ2) is 7.52. The molecule has 0 bridgehead atoms. The molecule has 4 rings (SSSR count). The Kier molecular flexibility index (Phi) is 4.75. The number of carbonyl (C=O) groups excluding carboxylic acids is 3. The lowest BCUT2D eigenvalue weighted by Gasteiger charge is -2.10. The molecule has 1 aliphatic rings. The number of Topliss-reactive ketones (excluding diaryl/α,β-unsaturated/α-hetero) is 2. The smallest absolute Gasteiger partial charge is 0.343 e. The number of fused-ring (bicyclic) bond motifs is 1. The van der Waals surface area contributed by atoms with E-state index in [1.165, 1.54) is 25.6 Å². The predicted molar refractivity (Wildman–Crippen MR) is 105 cm³/mol. The van der Waals surface area contributed by atoms with Gasteiger partial charge in [-0.1, -0.05) is 30.3 Å². The molecule has 0 fully saturated rings. The highest BCUT2D eigenvalue weighted by Crippen LogP contribution is 2.32. The van der Waals surface area contributed by atoms with Gasteiger partial charge in [-0.15, -0.1) is 0 Å². The monoisotopic (exact) mass is 385 g/mol. The average Bonchev–Trinajstić information content (AvgIpc) is 3.00. The largest absolute Gasteiger partial charge is 0.493 e. The van der Waals surface area contributed by atoms with Crippen LogP contribution >= 0.6 is 0 Å². The summed E-state index contributed by atoms with van der Waals surface area (Å²) in [4.78, 5) is 41.2. The summed E-state index contributed by atoms with van der Waals surface area (Å²) in [5.74, 6) is -0.634. The first-order valence-electron chi connectivity index (χ1n) is 8.79. The Labute approximate surface area is 166 Å². The third-order valence-electron chi connectivity index (χ3n) is 4.52. The number of ketones is 2. The lowest BCUT2D eigenvalue weighted by atomic mass is 10.1. The molecule has 0 unspecified atom stereocenters. The van der Waals surface area contributed by atoms with Gasteiger partial charge in [0.05, 0.1) is 18.2 Å². The summed E-state index contributed by atoms with van der Waals surface area (Å²) in [6, 6.07) is 14.6. The summed E-state index contributed by atoms with van der Waals surface area (Å²) in [5.41, 5.74) is 1.83. The van der Waals surface area contributed by atoms with Crippen LogP contribution in [0.5, 0.6) is 11.5 Å². The summed E-state index contributed by atoms with van der Waals surface area (Å²) in [6.45, 7) is 0. The number of hydrogen-bond donors (Lipinski definition) is 0. The number of allylic oxidation sites excluding steroid dienone is 1. The van der Waals surface area contributed by atoms with Crippen molar-refractivity contribution in [3.05, 3.63) is 94.8 Å². The van der Waals surface area contributed by atoms with Gasteiger partial charge in [0.1, 0.15) is 0 Å². The zero-order chi connectivity index (χ0) is 20.4. The molecule has 1 aromatic heterocycles. The molecule has 1 heterocycles. The van der Waals surface area contributed by atoms with Gasteiger partial charge in [-0.25, -0.2) is 4.79 Å². The molecular weight excluding hydrogens is 370 g/mol. The Hall–Kier alpha value is -4.06. The lowest BCUT2D eigenvalue weighted by Crippen LogP contribution is -2.09. The molecule has 0 spiro atoms. The van der Waals surface area contributed by atoms with Crippen molar-refractivity contribution >= 4 is 23.6 Å². The van der Waals surface area contributed by atoms with Crippen LogP contribution in [0.2, 0.25) is 0 Å². The highest BCUT2D eigenvalue weighted by molar-refractivity contribution is 6.41. The van der Waals surface area contributed by atoms with Crippen molar-refractivity contribution in [2.75, 3.05) is 7.11 Å². The van der Waals surface area contributed by atoms with Gasteiger partial charge in [0.15, 0.2) is 23.1 Å². The fraction of sp³-hybridized carbons (Fsp3) is 0.0435. The SMILES string of the molecule is COc1cc(C=C2C(=O)c3ccccc3C2=O)ccc1OC(=O)c1ccncc1. The van der Waals surface area contributed by atoms with Crippen molar-refractivity contribution in [1.82, 2.24) is 4.98 Å². The fourth-order valence-electron chi connectivity index (χ4n) is 3.08. The number of carbonyl (C=O) groups is 3. The zero-order valence-electron chi connectivity index (χ0n) is 15.4. The summed E-state index contributed by atoms with van der Waals surface area (Å²) in [6.07, 6.45) is 4.51. The van der Waals surface area contributed by atoms with Crippen molar-refractivity contribution in [2.45, 2.75) is 0 Å². The molecule has 6 nitrogen and oxygen atoms in total. The minimum atomic E-state index is -0.548. The molecule has 0 atom stereocenters. The topological polar surface area (TPSA) is 82.6 Å². The number of nitrogens with zero attached hydrogens (tertiary/aromatic N) is 1. The summed E-state index contributed by atoms with van der Waals surface area (Å²) < 4.78 is 10.7. The van der Waals surface area contributed by atoms with Gasteiger partial charge >= 0.3 is 5.97 Å². The first kappa shape index (κ1) is 18.3. The van der Waals surface area contributed by atoms with Crippen LogP contribution < -0.4 is 9.47 Å². The second-order valence-corrected chi connectivity index (χ2v) is 6.30. The van der Waals surface area contributed by atoms with Gasteiger partial charge in [-0.3, -0.25) is 14.6 Å². The first-order valence-corrected chi connectivity index (χ1v) is 8.79. The number of esters is 1. The minimum Gasteiger partial charge on any atom is -0.493 e. The van der Waals surface area contributed by atoms with Gasteiger partial charge in [0.25, 0.3) is 0 Å². The molecule has 29 heavy (non-hydrogen) atoms. The average molecular weight is 385 g/mol. The summed E-state index contributed by atoms with van der Waals surface area (Å²) >= 11 is 0. The third kappa shape index (κ3) is 3.43. The second-order valence-electron chi connectivity index (χ2n) is 6.30. The number of pyridine rings is 1. The molecule has 0 aliphatic heterocycles. The molecule has 2 aromatic carbocycles. The van der Waals surface area contributed by atoms with Gasteiger partial charge in [0.2, 0.25) is 0 Å². The molecule has 0 radical (unpaired) electrons. The van der Waals surface area contributed by atoms with Crippen LogP contribution in [0, 0.1) is 0 Å². The molecular formula is C23H15NO5. The summed E-state index contributed by atoms with van der Waals surface area (Å²) in [7, 11) is 1.44. The molecule has 0 N–H and O–H groups in total. The molecule has 0 saturated carbocycles. The van der Waals surface area contributed by atoms with Gasteiger partial charge in [-0.05, 0) is 35.9 Å². The molecule has 142 valence electrons. The number of aromatic nitrogens is 1. The van der Waals surface area contributed by atoms with Gasteiger partial charge < -0.3 is 9.47 Å². The van der Waals surface area contributed by atoms with Crippen LogP contribution in [0.1, 0.15) is 36.6 Å². The maximum atomic E-state index is 12.5. The maximum absolute atomic E-state index is 12.5. The maximum Gasteiger partial charge on any atom is 0.343 e. The molecule has 0 saturated heterocycles. The highest BCUT2D eigenvalue weighted by atomic mass is 16.6. The molecule has 1 aliphatic carbocycles. The van der Waals surface area contributed by atoms with Crippen molar-refractivity contribution in [2.24, 2.45) is 0 Å². The Balaban J connectivity index is 1.62. The number of benzene rings is 2. The summed E-state index contributed by atoms with van der Waals surface area (Å²) in [5, 5.41) is 0. The van der Waals surface area contributed by atoms with E-state index in [-0.39, 0.29) is 22.9 Å². The normalized spacial score (nSPS) is 12.5. The van der Waals surface area contributed by atoms with Crippen molar-refractivity contribution in [3.8, 4) is 11.5 Å². The van der Waals surface area contributed by atoms with Crippen LogP contribution in [0.15, 0.2) is 72.6 Å². The van der Waals surface area contributed by atoms with Crippen LogP contribution in [0.25, 0.3) is 6.08 Å². The van der Waals surface area contributed by atoms with E-state index in [4.69, 9.17) is 9.47 Å². The van der Waals surface area contributed by atoms with E-state index in [0.717, 1.165) is 0 Å². The number of rotatable bonds is 4. The predicted octanol–water partition coefficient (Wildman–Crippen LogP) is 3.77. The van der Waals surface area contributed by atoms with E-state index in [0.29, 0.717) is 28.0 Å². The van der Waals surface area contributed by atoms with Crippen molar-refractivity contribution in [1.29, 1.82) is 0 Å². The number of methoxy groups -OCH3 is 1. The minimum absolute atomic E-state index is 0.0924. The Morgan fingerprint density at radius 2 is 1.55 bits per heavy atom. The van der Waals surface area contributed by atoms with Gasteiger partial charge in [-0.2, -0.15) is 0 Å². The first-order chi connectivity index (χ1) is 14.1. The van der Waals surface area contributed by atoms with E-state index in [9.17, 15) is 14.4 Å². The Morgan fingerprint density at radius 3 is 2.17 bits per heavy atom. The quantitative estimate of drug-likeness (QED) is 0.294. The van der Waals surface area contributed by atoms with Crippen LogP contribution in [-0.4, -0.2) is 29.6 Å². The van der Waals surface area contributed by atoms with E-state index < -0.39 is 5.97 Å². The van der Waals surface area contributed by atoms with Gasteiger partial charge in [0, 0.05) is 23.5 Å². The molecule has 6 heteroatoms. The van der Waals surface area contributed by atoms with Crippen LogP contribution in [0.3, 0.4) is 0 Å². The highest BCUT2D eigenvalue weighted by Gasteiger charge is 2.32.